The SMILES string of the molecule is CC1(C)OB(c2ccc3c(c2)c2cc(-c4ncc5c(n4)sc4ccccc45)ccc2n3-c2ccccc2)OC1(C)C. The van der Waals surface area contributed by atoms with Gasteiger partial charge in [0, 0.05) is 43.7 Å². The van der Waals surface area contributed by atoms with E-state index in [1.807, 2.05) is 12.3 Å². The summed E-state index contributed by atoms with van der Waals surface area (Å²) in [6, 6.07) is 32.0. The lowest BCUT2D eigenvalue weighted by atomic mass is 9.78. The molecule has 8 rings (SSSR count). The van der Waals surface area contributed by atoms with Gasteiger partial charge in [0.2, 0.25) is 0 Å². The number of hydrogen-bond acceptors (Lipinski definition) is 5. The van der Waals surface area contributed by atoms with Crippen LogP contribution in [0.2, 0.25) is 0 Å². The van der Waals surface area contributed by atoms with E-state index in [9.17, 15) is 0 Å². The van der Waals surface area contributed by atoms with Crippen LogP contribution in [-0.4, -0.2) is 32.9 Å². The Labute approximate surface area is 242 Å². The molecule has 1 fully saturated rings. The summed E-state index contributed by atoms with van der Waals surface area (Å²) in [5.74, 6) is 0.730. The number of para-hydroxylation sites is 1. The molecule has 4 aromatic carbocycles. The molecule has 3 aromatic heterocycles. The molecule has 0 amide bonds. The van der Waals surface area contributed by atoms with Crippen molar-refractivity contribution in [2.45, 2.75) is 38.9 Å². The van der Waals surface area contributed by atoms with Crippen LogP contribution in [0.25, 0.3) is 59.2 Å². The second-order valence-electron chi connectivity index (χ2n) is 11.8. The lowest BCUT2D eigenvalue weighted by molar-refractivity contribution is 0.00578. The van der Waals surface area contributed by atoms with Crippen LogP contribution in [0, 0.1) is 0 Å². The van der Waals surface area contributed by atoms with Gasteiger partial charge in [-0.15, -0.1) is 11.3 Å². The fourth-order valence-corrected chi connectivity index (χ4v) is 6.86. The highest BCUT2D eigenvalue weighted by Gasteiger charge is 2.51. The zero-order valence-electron chi connectivity index (χ0n) is 23.4. The first-order chi connectivity index (χ1) is 19.8. The predicted molar refractivity (Wildman–Crippen MR) is 170 cm³/mol. The van der Waals surface area contributed by atoms with Crippen LogP contribution in [0.1, 0.15) is 27.7 Å². The monoisotopic (exact) mass is 553 g/mol. The smallest absolute Gasteiger partial charge is 0.399 e. The van der Waals surface area contributed by atoms with Gasteiger partial charge in [0.25, 0.3) is 0 Å². The van der Waals surface area contributed by atoms with Gasteiger partial charge in [-0.2, -0.15) is 0 Å². The van der Waals surface area contributed by atoms with Crippen LogP contribution >= 0.6 is 11.3 Å². The largest absolute Gasteiger partial charge is 0.494 e. The van der Waals surface area contributed by atoms with Gasteiger partial charge in [-0.25, -0.2) is 9.97 Å². The van der Waals surface area contributed by atoms with Crippen molar-refractivity contribution in [1.29, 1.82) is 0 Å². The van der Waals surface area contributed by atoms with Gasteiger partial charge >= 0.3 is 7.12 Å². The summed E-state index contributed by atoms with van der Waals surface area (Å²) < 4.78 is 16.4. The Morgan fingerprint density at radius 2 is 1.39 bits per heavy atom. The number of thiophene rings is 1. The average molecular weight is 553 g/mol. The van der Waals surface area contributed by atoms with E-state index < -0.39 is 18.3 Å². The molecule has 0 aliphatic carbocycles. The molecular formula is C34H28BN3O2S. The minimum absolute atomic E-state index is 0.402. The normalized spacial score (nSPS) is 16.4. The predicted octanol–water partition coefficient (Wildman–Crippen LogP) is 7.91. The van der Waals surface area contributed by atoms with Gasteiger partial charge in [0.1, 0.15) is 4.83 Å². The van der Waals surface area contributed by atoms with Crippen molar-refractivity contribution in [3.8, 4) is 17.1 Å². The third-order valence-corrected chi connectivity index (χ3v) is 9.81. The highest BCUT2D eigenvalue weighted by atomic mass is 32.1. The Hall–Kier alpha value is -4.04. The highest BCUT2D eigenvalue weighted by molar-refractivity contribution is 7.25. The van der Waals surface area contributed by atoms with Crippen molar-refractivity contribution in [2.24, 2.45) is 0 Å². The number of nitrogens with zero attached hydrogens (tertiary/aromatic N) is 3. The van der Waals surface area contributed by atoms with E-state index in [1.54, 1.807) is 11.3 Å². The molecule has 1 aliphatic heterocycles. The molecule has 0 atom stereocenters. The van der Waals surface area contributed by atoms with Crippen molar-refractivity contribution < 1.29 is 9.31 Å². The molecule has 41 heavy (non-hydrogen) atoms. The minimum Gasteiger partial charge on any atom is -0.399 e. The standard InChI is InChI=1S/C34H28BN3O2S/c1-33(2)34(3,4)40-35(39-33)22-15-17-29-26(19-22)25-18-21(14-16-28(25)38(29)23-10-6-5-7-11-23)31-36-20-27-24-12-8-9-13-30(24)41-32(27)37-31/h5-20H,1-4H3. The molecule has 0 N–H and O–H groups in total. The fourth-order valence-electron chi connectivity index (χ4n) is 5.81. The van der Waals surface area contributed by atoms with Crippen molar-refractivity contribution >= 4 is 66.0 Å². The molecule has 7 aromatic rings. The summed E-state index contributed by atoms with van der Waals surface area (Å²) in [6.45, 7) is 8.36. The number of aromatic nitrogens is 3. The third-order valence-electron chi connectivity index (χ3n) is 8.72. The van der Waals surface area contributed by atoms with Gasteiger partial charge in [-0.3, -0.25) is 0 Å². The number of fused-ring (bicyclic) bond motifs is 6. The summed E-state index contributed by atoms with van der Waals surface area (Å²) in [5.41, 5.74) is 4.57. The van der Waals surface area contributed by atoms with Crippen LogP contribution in [0.3, 0.4) is 0 Å². The van der Waals surface area contributed by atoms with E-state index in [-0.39, 0.29) is 0 Å². The highest BCUT2D eigenvalue weighted by Crippen LogP contribution is 2.39. The quantitative estimate of drug-likeness (QED) is 0.209. The molecule has 7 heteroatoms. The first kappa shape index (κ1) is 24.7. The Morgan fingerprint density at radius 3 is 2.17 bits per heavy atom. The summed E-state index contributed by atoms with van der Waals surface area (Å²) in [6.07, 6.45) is 1.96. The molecule has 0 spiro atoms. The first-order valence-corrected chi connectivity index (χ1v) is 14.7. The van der Waals surface area contributed by atoms with Crippen LogP contribution in [0.15, 0.2) is 97.2 Å². The van der Waals surface area contributed by atoms with Crippen LogP contribution in [0.4, 0.5) is 0 Å². The van der Waals surface area contributed by atoms with E-state index in [4.69, 9.17) is 19.3 Å². The zero-order chi connectivity index (χ0) is 27.9. The Balaban J connectivity index is 1.32. The summed E-state index contributed by atoms with van der Waals surface area (Å²) in [4.78, 5) is 10.8. The molecule has 200 valence electrons. The molecule has 0 unspecified atom stereocenters. The second-order valence-corrected chi connectivity index (χ2v) is 12.8. The van der Waals surface area contributed by atoms with Crippen molar-refractivity contribution in [2.75, 3.05) is 0 Å². The second kappa shape index (κ2) is 8.73. The Kier molecular flexibility index (Phi) is 5.27. The Bertz CT molecular complexity index is 2120. The molecule has 0 radical (unpaired) electrons. The molecule has 0 bridgehead atoms. The molecule has 1 saturated heterocycles. The minimum atomic E-state index is -0.429. The lowest BCUT2D eigenvalue weighted by Gasteiger charge is -2.32. The van der Waals surface area contributed by atoms with Gasteiger partial charge in [-0.05, 0) is 75.6 Å². The fraction of sp³-hybridized carbons (Fsp3) is 0.176. The first-order valence-electron chi connectivity index (χ1n) is 13.9. The van der Waals surface area contributed by atoms with E-state index in [1.165, 1.54) is 10.1 Å². The average Bonchev–Trinajstić information content (AvgIpc) is 3.58. The summed E-state index contributed by atoms with van der Waals surface area (Å²) in [7, 11) is -0.429. The molecular weight excluding hydrogens is 525 g/mol. The summed E-state index contributed by atoms with van der Waals surface area (Å²) in [5, 5.41) is 4.58. The number of benzene rings is 4. The zero-order valence-corrected chi connectivity index (χ0v) is 24.2. The van der Waals surface area contributed by atoms with Crippen molar-refractivity contribution in [3.05, 3.63) is 97.2 Å². The van der Waals surface area contributed by atoms with E-state index in [0.29, 0.717) is 0 Å². The Morgan fingerprint density at radius 1 is 0.707 bits per heavy atom. The maximum atomic E-state index is 6.41. The topological polar surface area (TPSA) is 49.2 Å². The van der Waals surface area contributed by atoms with E-state index in [0.717, 1.165) is 54.6 Å². The third kappa shape index (κ3) is 3.77. The molecule has 4 heterocycles. The van der Waals surface area contributed by atoms with E-state index in [2.05, 4.69) is 117 Å². The van der Waals surface area contributed by atoms with Crippen molar-refractivity contribution in [3.63, 3.8) is 0 Å². The van der Waals surface area contributed by atoms with Gasteiger partial charge in [0.05, 0.1) is 22.2 Å². The number of rotatable bonds is 3. The molecule has 5 nitrogen and oxygen atoms in total. The van der Waals surface area contributed by atoms with Gasteiger partial charge in [-0.1, -0.05) is 48.5 Å². The van der Waals surface area contributed by atoms with Crippen LogP contribution < -0.4 is 5.46 Å². The summed E-state index contributed by atoms with van der Waals surface area (Å²) >= 11 is 1.71. The van der Waals surface area contributed by atoms with Gasteiger partial charge in [0.15, 0.2) is 5.82 Å². The van der Waals surface area contributed by atoms with E-state index >= 15 is 0 Å². The van der Waals surface area contributed by atoms with Crippen LogP contribution in [0.5, 0.6) is 0 Å². The van der Waals surface area contributed by atoms with Crippen molar-refractivity contribution in [1.82, 2.24) is 14.5 Å². The lowest BCUT2D eigenvalue weighted by Crippen LogP contribution is -2.41. The van der Waals surface area contributed by atoms with Gasteiger partial charge < -0.3 is 13.9 Å². The van der Waals surface area contributed by atoms with Crippen LogP contribution in [-0.2, 0) is 9.31 Å². The molecule has 0 saturated carbocycles. The molecule has 1 aliphatic rings. The maximum Gasteiger partial charge on any atom is 0.494 e. The number of hydrogen-bond donors (Lipinski definition) is 0. The maximum absolute atomic E-state index is 6.41.